The van der Waals surface area contributed by atoms with Crippen molar-refractivity contribution in [2.24, 2.45) is 11.8 Å². The Labute approximate surface area is 98.5 Å². The van der Waals surface area contributed by atoms with E-state index in [1.54, 1.807) is 6.07 Å². The van der Waals surface area contributed by atoms with Gasteiger partial charge in [0.1, 0.15) is 5.75 Å². The van der Waals surface area contributed by atoms with Gasteiger partial charge < -0.3 is 5.11 Å². The molecule has 1 fully saturated rings. The molecule has 1 heteroatoms. The highest BCUT2D eigenvalue weighted by Gasteiger charge is 2.17. The Bertz CT molecular complexity index is 324. The number of hydrogen-bond donors (Lipinski definition) is 1. The first-order chi connectivity index (χ1) is 7.74. The van der Waals surface area contributed by atoms with Crippen LogP contribution in [0, 0.1) is 11.8 Å². The summed E-state index contributed by atoms with van der Waals surface area (Å²) in [7, 11) is 0. The van der Waals surface area contributed by atoms with Crippen molar-refractivity contribution in [2.45, 2.75) is 45.4 Å². The van der Waals surface area contributed by atoms with Crippen LogP contribution in [-0.2, 0) is 6.42 Å². The van der Waals surface area contributed by atoms with Gasteiger partial charge in [-0.3, -0.25) is 0 Å². The lowest BCUT2D eigenvalue weighted by atomic mass is 9.80. The van der Waals surface area contributed by atoms with Crippen LogP contribution in [0.2, 0.25) is 0 Å². The van der Waals surface area contributed by atoms with Crippen molar-refractivity contribution in [1.82, 2.24) is 0 Å². The van der Waals surface area contributed by atoms with E-state index >= 15 is 0 Å². The van der Waals surface area contributed by atoms with E-state index in [2.05, 4.69) is 13.0 Å². The van der Waals surface area contributed by atoms with Gasteiger partial charge in [0.2, 0.25) is 0 Å². The number of rotatable bonds is 3. The van der Waals surface area contributed by atoms with Gasteiger partial charge in [-0.15, -0.1) is 0 Å². The zero-order valence-electron chi connectivity index (χ0n) is 10.2. The van der Waals surface area contributed by atoms with E-state index in [0.717, 1.165) is 18.3 Å². The Kier molecular flexibility index (Phi) is 3.87. The monoisotopic (exact) mass is 218 g/mol. The Balaban J connectivity index is 1.79. The van der Waals surface area contributed by atoms with E-state index in [9.17, 15) is 5.11 Å². The smallest absolute Gasteiger partial charge is 0.115 e. The molecule has 0 bridgehead atoms. The molecule has 0 radical (unpaired) electrons. The van der Waals surface area contributed by atoms with Crippen LogP contribution in [0.1, 0.15) is 44.6 Å². The van der Waals surface area contributed by atoms with E-state index in [-0.39, 0.29) is 0 Å². The molecule has 88 valence electrons. The average Bonchev–Trinajstić information content (AvgIpc) is 2.28. The summed E-state index contributed by atoms with van der Waals surface area (Å²) in [6, 6.07) is 7.69. The van der Waals surface area contributed by atoms with Crippen molar-refractivity contribution < 1.29 is 5.11 Å². The van der Waals surface area contributed by atoms with Gasteiger partial charge in [-0.2, -0.15) is 0 Å². The quantitative estimate of drug-likeness (QED) is 0.808. The highest BCUT2D eigenvalue weighted by molar-refractivity contribution is 5.27. The molecule has 0 amide bonds. The number of aryl methyl sites for hydroxylation is 1. The molecule has 1 nitrogen and oxygen atoms in total. The van der Waals surface area contributed by atoms with E-state index < -0.39 is 0 Å². The normalized spacial score (nSPS) is 25.6. The number of phenols is 1. The molecule has 16 heavy (non-hydrogen) atoms. The van der Waals surface area contributed by atoms with Crippen molar-refractivity contribution in [3.05, 3.63) is 29.8 Å². The topological polar surface area (TPSA) is 20.2 Å². The highest BCUT2D eigenvalue weighted by atomic mass is 16.3. The second-order valence-corrected chi connectivity index (χ2v) is 5.33. The standard InChI is InChI=1S/C15H22O/c1-12-5-7-13(8-6-12)9-10-14-3-2-4-15(16)11-14/h2-4,11-13,16H,5-10H2,1H3. The molecule has 0 aliphatic heterocycles. The zero-order valence-corrected chi connectivity index (χ0v) is 10.2. The van der Waals surface area contributed by atoms with Gasteiger partial charge >= 0.3 is 0 Å². The predicted octanol–water partition coefficient (Wildman–Crippen LogP) is 4.15. The third-order valence-corrected chi connectivity index (χ3v) is 3.89. The summed E-state index contributed by atoms with van der Waals surface area (Å²) in [5.41, 5.74) is 1.28. The van der Waals surface area contributed by atoms with Crippen LogP contribution in [0.15, 0.2) is 24.3 Å². The molecule has 1 aromatic rings. The molecule has 0 saturated heterocycles. The van der Waals surface area contributed by atoms with Gasteiger partial charge in [0.15, 0.2) is 0 Å². The van der Waals surface area contributed by atoms with Crippen molar-refractivity contribution in [3.63, 3.8) is 0 Å². The van der Waals surface area contributed by atoms with Gasteiger partial charge in [-0.1, -0.05) is 44.7 Å². The maximum Gasteiger partial charge on any atom is 0.115 e. The predicted molar refractivity (Wildman–Crippen MR) is 67.5 cm³/mol. The first-order valence-electron chi connectivity index (χ1n) is 6.52. The maximum atomic E-state index is 9.38. The van der Waals surface area contributed by atoms with Crippen LogP contribution in [-0.4, -0.2) is 5.11 Å². The molecule has 0 atom stereocenters. The molecule has 0 unspecified atom stereocenters. The summed E-state index contributed by atoms with van der Waals surface area (Å²) >= 11 is 0. The number of aromatic hydroxyl groups is 1. The van der Waals surface area contributed by atoms with Crippen LogP contribution in [0.4, 0.5) is 0 Å². The molecule has 1 aliphatic rings. The van der Waals surface area contributed by atoms with E-state index in [1.807, 2.05) is 12.1 Å². The zero-order chi connectivity index (χ0) is 11.4. The third-order valence-electron chi connectivity index (χ3n) is 3.89. The summed E-state index contributed by atoms with van der Waals surface area (Å²) in [4.78, 5) is 0. The lowest BCUT2D eigenvalue weighted by Crippen LogP contribution is -2.12. The fraction of sp³-hybridized carbons (Fsp3) is 0.600. The SMILES string of the molecule is CC1CCC(CCc2cccc(O)c2)CC1. The van der Waals surface area contributed by atoms with Gasteiger partial charge in [-0.25, -0.2) is 0 Å². The van der Waals surface area contributed by atoms with E-state index in [1.165, 1.54) is 37.7 Å². The van der Waals surface area contributed by atoms with Gasteiger partial charge in [0.25, 0.3) is 0 Å². The highest BCUT2D eigenvalue weighted by Crippen LogP contribution is 2.31. The summed E-state index contributed by atoms with van der Waals surface area (Å²) in [5.74, 6) is 2.25. The Morgan fingerprint density at radius 1 is 1.19 bits per heavy atom. The molecule has 0 spiro atoms. The summed E-state index contributed by atoms with van der Waals surface area (Å²) in [5, 5.41) is 9.38. The molecule has 1 aromatic carbocycles. The molecular weight excluding hydrogens is 196 g/mol. The first-order valence-corrected chi connectivity index (χ1v) is 6.52. The van der Waals surface area contributed by atoms with Crippen LogP contribution >= 0.6 is 0 Å². The summed E-state index contributed by atoms with van der Waals surface area (Å²) in [6.45, 7) is 2.37. The third kappa shape index (κ3) is 3.26. The number of hydrogen-bond acceptors (Lipinski definition) is 1. The Hall–Kier alpha value is -0.980. The van der Waals surface area contributed by atoms with Crippen LogP contribution in [0.25, 0.3) is 0 Å². The molecule has 2 rings (SSSR count). The van der Waals surface area contributed by atoms with Crippen LogP contribution < -0.4 is 0 Å². The van der Waals surface area contributed by atoms with E-state index in [4.69, 9.17) is 0 Å². The van der Waals surface area contributed by atoms with Crippen molar-refractivity contribution in [2.75, 3.05) is 0 Å². The molecule has 0 aromatic heterocycles. The van der Waals surface area contributed by atoms with Gasteiger partial charge in [0.05, 0.1) is 0 Å². The van der Waals surface area contributed by atoms with E-state index in [0.29, 0.717) is 5.75 Å². The second-order valence-electron chi connectivity index (χ2n) is 5.33. The summed E-state index contributed by atoms with van der Waals surface area (Å²) in [6.07, 6.45) is 8.03. The Morgan fingerprint density at radius 2 is 1.94 bits per heavy atom. The maximum absolute atomic E-state index is 9.38. The largest absolute Gasteiger partial charge is 0.508 e. The molecule has 0 heterocycles. The molecular formula is C15H22O. The minimum absolute atomic E-state index is 0.398. The molecule has 1 N–H and O–H groups in total. The number of benzene rings is 1. The average molecular weight is 218 g/mol. The fourth-order valence-corrected chi connectivity index (χ4v) is 2.70. The minimum atomic E-state index is 0.398. The molecule has 1 aliphatic carbocycles. The van der Waals surface area contributed by atoms with Crippen LogP contribution in [0.3, 0.4) is 0 Å². The van der Waals surface area contributed by atoms with Gasteiger partial charge in [-0.05, 0) is 42.4 Å². The fourth-order valence-electron chi connectivity index (χ4n) is 2.70. The van der Waals surface area contributed by atoms with Crippen molar-refractivity contribution in [1.29, 1.82) is 0 Å². The molecule has 1 saturated carbocycles. The lowest BCUT2D eigenvalue weighted by molar-refractivity contribution is 0.277. The minimum Gasteiger partial charge on any atom is -0.508 e. The van der Waals surface area contributed by atoms with Crippen LogP contribution in [0.5, 0.6) is 5.75 Å². The van der Waals surface area contributed by atoms with Crippen molar-refractivity contribution in [3.8, 4) is 5.75 Å². The lowest BCUT2D eigenvalue weighted by Gasteiger charge is -2.26. The number of phenolic OH excluding ortho intramolecular Hbond substituents is 1. The first kappa shape index (κ1) is 11.5. The Morgan fingerprint density at radius 3 is 2.62 bits per heavy atom. The second kappa shape index (κ2) is 5.38. The van der Waals surface area contributed by atoms with Gasteiger partial charge in [0, 0.05) is 0 Å². The van der Waals surface area contributed by atoms with Crippen molar-refractivity contribution >= 4 is 0 Å². The summed E-state index contributed by atoms with van der Waals surface area (Å²) < 4.78 is 0.